The Labute approximate surface area is 109 Å². The first-order valence-electron chi connectivity index (χ1n) is 6.53. The molecule has 0 heterocycles. The number of carboxylic acids is 1. The minimum atomic E-state index is -0.898. The number of nitrogens with two attached hydrogens (primary N) is 1. The van der Waals surface area contributed by atoms with Gasteiger partial charge in [-0.3, -0.25) is 4.79 Å². The first-order valence-corrected chi connectivity index (χ1v) is 7.41. The third-order valence-corrected chi connectivity index (χ3v) is 5.42. The summed E-state index contributed by atoms with van der Waals surface area (Å²) in [5.74, 6) is -0.0801. The van der Waals surface area contributed by atoms with Crippen molar-refractivity contribution in [1.82, 2.24) is 0 Å². The van der Waals surface area contributed by atoms with Crippen LogP contribution in [0.5, 0.6) is 0 Å². The molecule has 0 radical (unpaired) electrons. The van der Waals surface area contributed by atoms with E-state index >= 15 is 0 Å². The molecule has 17 heavy (non-hydrogen) atoms. The van der Waals surface area contributed by atoms with Crippen LogP contribution in [0.3, 0.4) is 0 Å². The molecule has 0 aromatic carbocycles. The van der Waals surface area contributed by atoms with E-state index in [2.05, 4.69) is 6.92 Å². The summed E-state index contributed by atoms with van der Waals surface area (Å²) in [6.07, 6.45) is 6.27. The third kappa shape index (κ3) is 4.18. The van der Waals surface area contributed by atoms with E-state index in [1.807, 2.05) is 13.8 Å². The van der Waals surface area contributed by atoms with Crippen molar-refractivity contribution in [3.8, 4) is 0 Å². The lowest BCUT2D eigenvalue weighted by molar-refractivity contribution is -0.139. The molecule has 1 fully saturated rings. The summed E-state index contributed by atoms with van der Waals surface area (Å²) in [6.45, 7) is 6.14. The molecule has 0 bridgehead atoms. The van der Waals surface area contributed by atoms with Gasteiger partial charge in [0.1, 0.15) is 6.04 Å². The first kappa shape index (κ1) is 14.8. The van der Waals surface area contributed by atoms with Gasteiger partial charge in [0, 0.05) is 10.00 Å². The molecule has 1 aliphatic carbocycles. The van der Waals surface area contributed by atoms with Gasteiger partial charge in [0.05, 0.1) is 0 Å². The fourth-order valence-electron chi connectivity index (χ4n) is 2.52. The van der Waals surface area contributed by atoms with Crippen LogP contribution in [-0.2, 0) is 4.79 Å². The lowest BCUT2D eigenvalue weighted by Gasteiger charge is -2.36. The Kier molecular flexibility index (Phi) is 5.32. The summed E-state index contributed by atoms with van der Waals surface area (Å²) in [5.41, 5.74) is 5.76. The van der Waals surface area contributed by atoms with Crippen molar-refractivity contribution >= 4 is 17.7 Å². The normalized spacial score (nSPS) is 27.8. The Morgan fingerprint density at radius 2 is 2.18 bits per heavy atom. The molecular weight excluding hydrogens is 234 g/mol. The maximum atomic E-state index is 11.0. The quantitative estimate of drug-likeness (QED) is 0.797. The minimum absolute atomic E-state index is 0.383. The smallest absolute Gasteiger partial charge is 0.321 e. The predicted octanol–water partition coefficient (Wildman–Crippen LogP) is 2.88. The van der Waals surface area contributed by atoms with Gasteiger partial charge in [-0.2, -0.15) is 11.8 Å². The van der Waals surface area contributed by atoms with Crippen LogP contribution >= 0.6 is 11.8 Å². The molecule has 3 N–H and O–H groups in total. The molecule has 100 valence electrons. The molecular formula is C13H25NO2S. The highest BCUT2D eigenvalue weighted by molar-refractivity contribution is 8.01. The second-order valence-corrected chi connectivity index (χ2v) is 7.55. The van der Waals surface area contributed by atoms with Crippen LogP contribution in [0.15, 0.2) is 0 Å². The topological polar surface area (TPSA) is 63.3 Å². The van der Waals surface area contributed by atoms with Crippen LogP contribution in [0.2, 0.25) is 0 Å². The monoisotopic (exact) mass is 259 g/mol. The molecule has 3 nitrogen and oxygen atoms in total. The molecule has 1 rings (SSSR count). The number of hydrogen-bond donors (Lipinski definition) is 2. The minimum Gasteiger partial charge on any atom is -0.480 e. The molecule has 3 atom stereocenters. The van der Waals surface area contributed by atoms with E-state index in [1.54, 1.807) is 11.8 Å². The van der Waals surface area contributed by atoms with Crippen LogP contribution in [-0.4, -0.2) is 27.1 Å². The molecule has 0 spiro atoms. The largest absolute Gasteiger partial charge is 0.480 e. The van der Waals surface area contributed by atoms with Crippen molar-refractivity contribution in [1.29, 1.82) is 0 Å². The number of carbonyl (C=O) groups is 1. The lowest BCUT2D eigenvalue weighted by atomic mass is 9.87. The van der Waals surface area contributed by atoms with Crippen molar-refractivity contribution in [3.05, 3.63) is 0 Å². The van der Waals surface area contributed by atoms with Crippen molar-refractivity contribution < 1.29 is 9.90 Å². The van der Waals surface area contributed by atoms with Gasteiger partial charge in [0.25, 0.3) is 0 Å². The summed E-state index contributed by atoms with van der Waals surface area (Å²) >= 11 is 1.77. The van der Waals surface area contributed by atoms with Gasteiger partial charge in [0.15, 0.2) is 0 Å². The molecule has 0 aromatic rings. The van der Waals surface area contributed by atoms with E-state index in [0.29, 0.717) is 5.25 Å². The number of aliphatic carboxylic acids is 1. The second-order valence-electron chi connectivity index (χ2n) is 5.60. The van der Waals surface area contributed by atoms with Gasteiger partial charge in [-0.05, 0) is 32.6 Å². The highest BCUT2D eigenvalue weighted by atomic mass is 32.2. The Bertz CT molecular complexity index is 268. The lowest BCUT2D eigenvalue weighted by Crippen LogP contribution is -2.47. The van der Waals surface area contributed by atoms with Crippen LogP contribution in [0.25, 0.3) is 0 Å². The summed E-state index contributed by atoms with van der Waals surface area (Å²) < 4.78 is -0.383. The Morgan fingerprint density at radius 1 is 1.53 bits per heavy atom. The molecule has 0 aromatic heterocycles. The van der Waals surface area contributed by atoms with E-state index in [4.69, 9.17) is 10.8 Å². The van der Waals surface area contributed by atoms with E-state index < -0.39 is 12.0 Å². The first-order chi connectivity index (χ1) is 7.86. The van der Waals surface area contributed by atoms with Crippen molar-refractivity contribution in [2.45, 2.75) is 68.9 Å². The summed E-state index contributed by atoms with van der Waals surface area (Å²) in [7, 11) is 0. The fraction of sp³-hybridized carbons (Fsp3) is 0.923. The number of hydrogen-bond acceptors (Lipinski definition) is 3. The predicted molar refractivity (Wildman–Crippen MR) is 73.3 cm³/mol. The summed E-state index contributed by atoms with van der Waals surface area (Å²) in [6, 6.07) is -0.783. The van der Waals surface area contributed by atoms with Gasteiger partial charge in [-0.15, -0.1) is 0 Å². The zero-order valence-corrected chi connectivity index (χ0v) is 11.9. The SMILES string of the molecule is CCC1CCCC(SC(C)(C)[C@@H](N)C(=O)O)C1. The maximum Gasteiger partial charge on any atom is 0.321 e. The molecule has 0 saturated heterocycles. The van der Waals surface area contributed by atoms with Gasteiger partial charge in [-0.25, -0.2) is 0 Å². The van der Waals surface area contributed by atoms with Crippen LogP contribution in [0, 0.1) is 5.92 Å². The van der Waals surface area contributed by atoms with E-state index in [0.717, 1.165) is 5.92 Å². The highest BCUT2D eigenvalue weighted by Crippen LogP contribution is 2.40. The van der Waals surface area contributed by atoms with E-state index in [-0.39, 0.29) is 4.75 Å². The van der Waals surface area contributed by atoms with Crippen molar-refractivity contribution in [2.24, 2.45) is 11.7 Å². The zero-order valence-electron chi connectivity index (χ0n) is 11.1. The summed E-state index contributed by atoms with van der Waals surface area (Å²) in [4.78, 5) is 11.0. The van der Waals surface area contributed by atoms with E-state index in [1.165, 1.54) is 32.1 Å². The van der Waals surface area contributed by atoms with Crippen molar-refractivity contribution in [2.75, 3.05) is 0 Å². The second kappa shape index (κ2) is 6.10. The Hall–Kier alpha value is -0.220. The standard InChI is InChI=1S/C13H25NO2S/c1-4-9-6-5-7-10(8-9)17-13(2,3)11(14)12(15)16/h9-11H,4-8,14H2,1-3H3,(H,15,16)/t9?,10?,11-/m0/s1. The average molecular weight is 259 g/mol. The number of rotatable bonds is 5. The summed E-state index contributed by atoms with van der Waals surface area (Å²) in [5, 5.41) is 9.58. The third-order valence-electron chi connectivity index (χ3n) is 3.80. The van der Waals surface area contributed by atoms with Gasteiger partial charge in [0.2, 0.25) is 0 Å². The molecule has 1 saturated carbocycles. The average Bonchev–Trinajstić information content (AvgIpc) is 2.27. The molecule has 2 unspecified atom stereocenters. The highest BCUT2D eigenvalue weighted by Gasteiger charge is 2.36. The molecule has 4 heteroatoms. The van der Waals surface area contributed by atoms with Gasteiger partial charge < -0.3 is 10.8 Å². The zero-order chi connectivity index (χ0) is 13.1. The Balaban J connectivity index is 2.54. The van der Waals surface area contributed by atoms with Crippen molar-refractivity contribution in [3.63, 3.8) is 0 Å². The molecule has 1 aliphatic rings. The van der Waals surface area contributed by atoms with Crippen LogP contribution < -0.4 is 5.73 Å². The van der Waals surface area contributed by atoms with Crippen LogP contribution in [0.4, 0.5) is 0 Å². The van der Waals surface area contributed by atoms with Gasteiger partial charge in [-0.1, -0.05) is 26.2 Å². The Morgan fingerprint density at radius 3 is 2.71 bits per heavy atom. The number of carboxylic acid groups (broad SMARTS) is 1. The molecule has 0 aliphatic heterocycles. The van der Waals surface area contributed by atoms with E-state index in [9.17, 15) is 4.79 Å². The maximum absolute atomic E-state index is 11.0. The van der Waals surface area contributed by atoms with Gasteiger partial charge >= 0.3 is 5.97 Å². The van der Waals surface area contributed by atoms with Crippen LogP contribution in [0.1, 0.15) is 52.9 Å². The number of thioether (sulfide) groups is 1. The fourth-order valence-corrected chi connectivity index (χ4v) is 4.28. The molecule has 0 amide bonds.